The Morgan fingerprint density at radius 3 is 2.59 bits per heavy atom. The van der Waals surface area contributed by atoms with E-state index in [0.29, 0.717) is 16.6 Å². The summed E-state index contributed by atoms with van der Waals surface area (Å²) < 4.78 is 34.9. The number of hydrogen-bond donors (Lipinski definition) is 0. The van der Waals surface area contributed by atoms with Crippen molar-refractivity contribution in [2.75, 3.05) is 13.0 Å². The Kier molecular flexibility index (Phi) is 3.25. The van der Waals surface area contributed by atoms with Crippen molar-refractivity contribution in [2.45, 2.75) is 4.90 Å². The fourth-order valence-corrected chi connectivity index (χ4v) is 3.50. The standard InChI is InChI=1S/C14H11NO6S/c1-20-13-6-10-9-4-2-3-5-11(9)21-12(10)7-14(13)22(18,19)8-15(16)17/h2-7H,8H2,1H3. The first kappa shape index (κ1) is 14.3. The maximum Gasteiger partial charge on any atom is 0.306 e. The number of nitrogens with zero attached hydrogens (tertiary/aromatic N) is 1. The summed E-state index contributed by atoms with van der Waals surface area (Å²) in [6.07, 6.45) is 0. The summed E-state index contributed by atoms with van der Waals surface area (Å²) >= 11 is 0. The summed E-state index contributed by atoms with van der Waals surface area (Å²) in [5.41, 5.74) is 0.937. The van der Waals surface area contributed by atoms with Crippen molar-refractivity contribution >= 4 is 31.8 Å². The van der Waals surface area contributed by atoms with Crippen molar-refractivity contribution in [3.05, 3.63) is 46.5 Å². The number of methoxy groups -OCH3 is 1. The molecule has 0 atom stereocenters. The molecule has 0 bridgehead atoms. The molecule has 0 aliphatic carbocycles. The molecule has 0 saturated carbocycles. The molecule has 1 aromatic heterocycles. The second kappa shape index (κ2) is 4.99. The van der Waals surface area contributed by atoms with Gasteiger partial charge in [0.1, 0.15) is 21.8 Å². The molecule has 114 valence electrons. The van der Waals surface area contributed by atoms with Crippen LogP contribution in [0.3, 0.4) is 0 Å². The summed E-state index contributed by atoms with van der Waals surface area (Å²) in [6, 6.07) is 10.0. The molecule has 0 radical (unpaired) electrons. The van der Waals surface area contributed by atoms with E-state index in [-0.39, 0.29) is 10.6 Å². The minimum atomic E-state index is -4.12. The van der Waals surface area contributed by atoms with Gasteiger partial charge in [-0.25, -0.2) is 8.42 Å². The van der Waals surface area contributed by atoms with Crippen LogP contribution in [0.2, 0.25) is 0 Å². The van der Waals surface area contributed by atoms with E-state index in [1.54, 1.807) is 12.1 Å². The molecular weight excluding hydrogens is 310 g/mol. The Morgan fingerprint density at radius 2 is 1.91 bits per heavy atom. The van der Waals surface area contributed by atoms with Crippen LogP contribution < -0.4 is 4.74 Å². The van der Waals surface area contributed by atoms with Gasteiger partial charge in [0.15, 0.2) is 0 Å². The molecule has 0 amide bonds. The first-order valence-corrected chi connectivity index (χ1v) is 7.91. The molecule has 0 aliphatic rings. The molecule has 7 nitrogen and oxygen atoms in total. The van der Waals surface area contributed by atoms with Crippen LogP contribution >= 0.6 is 0 Å². The van der Waals surface area contributed by atoms with E-state index >= 15 is 0 Å². The zero-order valence-corrected chi connectivity index (χ0v) is 12.3. The van der Waals surface area contributed by atoms with Crippen LogP contribution in [0.25, 0.3) is 21.9 Å². The molecular formula is C14H11NO6S. The highest BCUT2D eigenvalue weighted by atomic mass is 32.2. The maximum absolute atomic E-state index is 12.1. The largest absolute Gasteiger partial charge is 0.495 e. The lowest BCUT2D eigenvalue weighted by molar-refractivity contribution is -0.458. The Morgan fingerprint density at radius 1 is 1.18 bits per heavy atom. The van der Waals surface area contributed by atoms with Crippen LogP contribution in [0.5, 0.6) is 5.75 Å². The first-order chi connectivity index (χ1) is 10.4. The van der Waals surface area contributed by atoms with Gasteiger partial charge in [0.05, 0.1) is 7.11 Å². The highest BCUT2D eigenvalue weighted by Crippen LogP contribution is 2.36. The third-order valence-electron chi connectivity index (χ3n) is 3.27. The summed E-state index contributed by atoms with van der Waals surface area (Å²) in [4.78, 5) is 9.41. The molecule has 0 unspecified atom stereocenters. The second-order valence-electron chi connectivity index (χ2n) is 4.67. The Bertz CT molecular complexity index is 989. The molecule has 0 saturated heterocycles. The van der Waals surface area contributed by atoms with Gasteiger partial charge in [-0.2, -0.15) is 0 Å². The number of nitro groups is 1. The summed E-state index contributed by atoms with van der Waals surface area (Å²) in [7, 11) is -2.80. The SMILES string of the molecule is COc1cc2c(cc1S(=O)(=O)C[N+](=O)[O-])oc1ccccc12. The number of sulfone groups is 1. The van der Waals surface area contributed by atoms with E-state index in [2.05, 4.69) is 0 Å². The van der Waals surface area contributed by atoms with E-state index < -0.39 is 20.6 Å². The third-order valence-corrected chi connectivity index (χ3v) is 4.81. The zero-order valence-electron chi connectivity index (χ0n) is 11.5. The Labute approximate surface area is 125 Å². The van der Waals surface area contributed by atoms with E-state index in [1.807, 2.05) is 12.1 Å². The van der Waals surface area contributed by atoms with Crippen LogP contribution in [0, 0.1) is 10.1 Å². The molecule has 3 aromatic rings. The highest BCUT2D eigenvalue weighted by molar-refractivity contribution is 7.91. The Balaban J connectivity index is 2.31. The zero-order chi connectivity index (χ0) is 15.9. The number of benzene rings is 2. The molecule has 0 spiro atoms. The van der Waals surface area contributed by atoms with E-state index in [0.717, 1.165) is 5.39 Å². The van der Waals surface area contributed by atoms with Crippen molar-refractivity contribution in [3.63, 3.8) is 0 Å². The lowest BCUT2D eigenvalue weighted by Crippen LogP contribution is -2.15. The van der Waals surface area contributed by atoms with Crippen molar-refractivity contribution < 1.29 is 22.5 Å². The van der Waals surface area contributed by atoms with E-state index in [1.165, 1.54) is 19.2 Å². The van der Waals surface area contributed by atoms with Gasteiger partial charge in [-0.1, -0.05) is 18.2 Å². The molecule has 3 rings (SSSR count). The van der Waals surface area contributed by atoms with Gasteiger partial charge in [-0.05, 0) is 12.1 Å². The van der Waals surface area contributed by atoms with Crippen molar-refractivity contribution in [1.29, 1.82) is 0 Å². The third kappa shape index (κ3) is 2.27. The predicted octanol–water partition coefficient (Wildman–Crippen LogP) is 2.60. The number of fused-ring (bicyclic) bond motifs is 3. The first-order valence-electron chi connectivity index (χ1n) is 6.26. The number of furan rings is 1. The quantitative estimate of drug-likeness (QED) is 0.541. The van der Waals surface area contributed by atoms with Gasteiger partial charge in [0, 0.05) is 21.8 Å². The van der Waals surface area contributed by atoms with Crippen LogP contribution in [-0.2, 0) is 9.84 Å². The molecule has 0 aliphatic heterocycles. The van der Waals surface area contributed by atoms with Crippen molar-refractivity contribution in [2.24, 2.45) is 0 Å². The monoisotopic (exact) mass is 321 g/mol. The fourth-order valence-electron chi connectivity index (χ4n) is 2.34. The number of para-hydroxylation sites is 1. The topological polar surface area (TPSA) is 99.7 Å². The van der Waals surface area contributed by atoms with Gasteiger partial charge in [0.25, 0.3) is 0 Å². The highest BCUT2D eigenvalue weighted by Gasteiger charge is 2.27. The Hall–Kier alpha value is -2.61. The normalized spacial score (nSPS) is 11.9. The van der Waals surface area contributed by atoms with Crippen LogP contribution in [-0.4, -0.2) is 26.3 Å². The molecule has 8 heteroatoms. The second-order valence-corrected chi connectivity index (χ2v) is 6.60. The van der Waals surface area contributed by atoms with Gasteiger partial charge >= 0.3 is 5.88 Å². The average molecular weight is 321 g/mol. The molecule has 1 heterocycles. The minimum Gasteiger partial charge on any atom is -0.495 e. The smallest absolute Gasteiger partial charge is 0.306 e. The van der Waals surface area contributed by atoms with Crippen LogP contribution in [0.15, 0.2) is 45.7 Å². The van der Waals surface area contributed by atoms with Gasteiger partial charge < -0.3 is 9.15 Å². The fraction of sp³-hybridized carbons (Fsp3) is 0.143. The molecule has 2 aromatic carbocycles. The lowest BCUT2D eigenvalue weighted by atomic mass is 10.1. The summed E-state index contributed by atoms with van der Waals surface area (Å²) in [5.74, 6) is -1.14. The predicted molar refractivity (Wildman–Crippen MR) is 79.3 cm³/mol. The average Bonchev–Trinajstić information content (AvgIpc) is 2.82. The lowest BCUT2D eigenvalue weighted by Gasteiger charge is -2.07. The number of ether oxygens (including phenoxy) is 1. The molecule has 0 N–H and O–H groups in total. The van der Waals surface area contributed by atoms with E-state index in [9.17, 15) is 18.5 Å². The molecule has 22 heavy (non-hydrogen) atoms. The van der Waals surface area contributed by atoms with Gasteiger partial charge in [0.2, 0.25) is 9.84 Å². The van der Waals surface area contributed by atoms with Gasteiger partial charge in [-0.15, -0.1) is 0 Å². The minimum absolute atomic E-state index is 0.0564. The maximum atomic E-state index is 12.1. The van der Waals surface area contributed by atoms with Crippen molar-refractivity contribution in [1.82, 2.24) is 0 Å². The summed E-state index contributed by atoms with van der Waals surface area (Å²) in [6.45, 7) is 0. The number of hydrogen-bond acceptors (Lipinski definition) is 6. The van der Waals surface area contributed by atoms with Gasteiger partial charge in [-0.3, -0.25) is 10.1 Å². The van der Waals surface area contributed by atoms with Crippen LogP contribution in [0.4, 0.5) is 0 Å². The summed E-state index contributed by atoms with van der Waals surface area (Å²) in [5, 5.41) is 12.1. The molecule has 0 fully saturated rings. The number of rotatable bonds is 4. The van der Waals surface area contributed by atoms with E-state index in [4.69, 9.17) is 9.15 Å². The van der Waals surface area contributed by atoms with Crippen molar-refractivity contribution in [3.8, 4) is 5.75 Å². The van der Waals surface area contributed by atoms with Crippen LogP contribution in [0.1, 0.15) is 0 Å².